The van der Waals surface area contributed by atoms with Gasteiger partial charge in [0.05, 0.1) is 15.3 Å². The van der Waals surface area contributed by atoms with Crippen molar-refractivity contribution in [3.63, 3.8) is 0 Å². The SMILES string of the molecule is c1ccc([Si](c2ccccc2)(c2nccc3c2oc2ccc(-c4cccc5c4sc4ccccc45)cc23)c2nccc3c2sc2ccc(-c4nccc5c4oc4ccccc45)cc23)cc1. The molecule has 0 saturated heterocycles. The predicted octanol–water partition coefficient (Wildman–Crippen LogP) is 13.1. The van der Waals surface area contributed by atoms with Crippen molar-refractivity contribution >= 4 is 136 Å². The highest BCUT2D eigenvalue weighted by Gasteiger charge is 2.48. The van der Waals surface area contributed by atoms with Crippen LogP contribution in [0.1, 0.15) is 0 Å². The fourth-order valence-corrected chi connectivity index (χ4v) is 17.8. The Labute approximate surface area is 380 Å². The van der Waals surface area contributed by atoms with Gasteiger partial charge >= 0.3 is 0 Å². The molecule has 0 N–H and O–H groups in total. The molecular weight excluding hydrogens is 851 g/mol. The van der Waals surface area contributed by atoms with Gasteiger partial charge in [-0.05, 0) is 76.1 Å². The third-order valence-electron chi connectivity index (χ3n) is 13.2. The Kier molecular flexibility index (Phi) is 7.98. The lowest BCUT2D eigenvalue weighted by molar-refractivity contribution is 0.668. The van der Waals surface area contributed by atoms with Crippen LogP contribution in [-0.2, 0) is 0 Å². The van der Waals surface area contributed by atoms with Gasteiger partial charge in [-0.15, -0.1) is 22.7 Å². The molecule has 0 amide bonds. The second-order valence-corrected chi connectivity index (χ2v) is 22.3. The Morgan fingerprint density at radius 3 is 1.78 bits per heavy atom. The number of thiophene rings is 2. The quantitative estimate of drug-likeness (QED) is 0.156. The van der Waals surface area contributed by atoms with E-state index in [1.165, 1.54) is 40.8 Å². The predicted molar refractivity (Wildman–Crippen MR) is 275 cm³/mol. The van der Waals surface area contributed by atoms with E-state index >= 15 is 0 Å². The lowest BCUT2D eigenvalue weighted by atomic mass is 10.0. The van der Waals surface area contributed by atoms with Gasteiger partial charge in [-0.25, -0.2) is 0 Å². The van der Waals surface area contributed by atoms with Gasteiger partial charge in [0.1, 0.15) is 16.9 Å². The summed E-state index contributed by atoms with van der Waals surface area (Å²) in [6, 6.07) is 65.0. The van der Waals surface area contributed by atoms with Crippen LogP contribution in [0.5, 0.6) is 0 Å². The molecule has 0 radical (unpaired) electrons. The number of fused-ring (bicyclic) bond motifs is 12. The number of furan rings is 2. The average molecular weight is 884 g/mol. The zero-order valence-corrected chi connectivity index (χ0v) is 37.2. The highest BCUT2D eigenvalue weighted by molar-refractivity contribution is 7.30. The average Bonchev–Trinajstić information content (AvgIpc) is 4.15. The van der Waals surface area contributed by atoms with Crippen LogP contribution in [0.2, 0.25) is 0 Å². The third kappa shape index (κ3) is 5.33. The minimum absolute atomic E-state index is 0.795. The maximum atomic E-state index is 7.11. The number of rotatable bonds is 6. The summed E-state index contributed by atoms with van der Waals surface area (Å²) in [6.07, 6.45) is 5.85. The Morgan fingerprint density at radius 2 is 0.954 bits per heavy atom. The number of benzene rings is 7. The molecule has 8 heteroatoms. The van der Waals surface area contributed by atoms with Gasteiger partial charge in [0.15, 0.2) is 11.2 Å². The molecule has 0 aliphatic rings. The molecule has 304 valence electrons. The summed E-state index contributed by atoms with van der Waals surface area (Å²) in [6.45, 7) is 0. The fraction of sp³-hybridized carbons (Fsp3) is 0. The zero-order chi connectivity index (χ0) is 42.6. The van der Waals surface area contributed by atoms with E-state index in [1.54, 1.807) is 11.3 Å². The lowest BCUT2D eigenvalue weighted by Gasteiger charge is -2.32. The lowest BCUT2D eigenvalue weighted by Crippen LogP contribution is -2.76. The van der Waals surface area contributed by atoms with Crippen molar-refractivity contribution in [2.45, 2.75) is 0 Å². The van der Waals surface area contributed by atoms with Crippen LogP contribution in [0, 0.1) is 0 Å². The van der Waals surface area contributed by atoms with Crippen molar-refractivity contribution in [3.8, 4) is 22.4 Å². The van der Waals surface area contributed by atoms with Crippen LogP contribution in [0.3, 0.4) is 0 Å². The van der Waals surface area contributed by atoms with Gasteiger partial charge in [0.25, 0.3) is 0 Å². The van der Waals surface area contributed by atoms with Gasteiger partial charge in [0, 0.05) is 81.3 Å². The summed E-state index contributed by atoms with van der Waals surface area (Å²) in [5.41, 5.74) is 7.50. The molecule has 14 aromatic rings. The maximum Gasteiger partial charge on any atom is 0.230 e. The summed E-state index contributed by atoms with van der Waals surface area (Å²) in [7, 11) is -3.35. The smallest absolute Gasteiger partial charge is 0.230 e. The molecular formula is C57H33N3O2S2Si. The number of pyridine rings is 3. The van der Waals surface area contributed by atoms with E-state index in [1.807, 2.05) is 48.1 Å². The van der Waals surface area contributed by atoms with E-state index in [0.717, 1.165) is 86.8 Å². The van der Waals surface area contributed by atoms with Gasteiger partial charge in [-0.2, -0.15) is 0 Å². The molecule has 0 aliphatic heterocycles. The van der Waals surface area contributed by atoms with Crippen LogP contribution in [0.15, 0.2) is 209 Å². The van der Waals surface area contributed by atoms with Crippen LogP contribution in [0.25, 0.3) is 107 Å². The van der Waals surface area contributed by atoms with Crippen LogP contribution in [0.4, 0.5) is 0 Å². The Balaban J connectivity index is 1.02. The molecule has 0 spiro atoms. The fourth-order valence-electron chi connectivity index (χ4n) is 10.3. The highest BCUT2D eigenvalue weighted by atomic mass is 32.1. The van der Waals surface area contributed by atoms with Crippen molar-refractivity contribution in [3.05, 3.63) is 201 Å². The molecule has 0 saturated carbocycles. The van der Waals surface area contributed by atoms with Gasteiger partial charge < -0.3 is 8.83 Å². The normalized spacial score (nSPS) is 12.3. The van der Waals surface area contributed by atoms with E-state index < -0.39 is 8.07 Å². The summed E-state index contributed by atoms with van der Waals surface area (Å²) in [4.78, 5) is 15.8. The summed E-state index contributed by atoms with van der Waals surface area (Å²) in [5.74, 6) is 0. The first-order chi connectivity index (χ1) is 32.2. The van der Waals surface area contributed by atoms with Gasteiger partial charge in [-0.1, -0.05) is 127 Å². The number of hydrogen-bond donors (Lipinski definition) is 0. The van der Waals surface area contributed by atoms with Crippen molar-refractivity contribution in [2.24, 2.45) is 0 Å². The van der Waals surface area contributed by atoms with Crippen LogP contribution in [-0.4, -0.2) is 23.0 Å². The molecule has 0 atom stereocenters. The topological polar surface area (TPSA) is 65.0 Å². The molecule has 7 aromatic carbocycles. The largest absolute Gasteiger partial charge is 0.455 e. The molecule has 0 bridgehead atoms. The van der Waals surface area contributed by atoms with Crippen molar-refractivity contribution in [1.29, 1.82) is 0 Å². The molecule has 14 rings (SSSR count). The molecule has 7 heterocycles. The minimum Gasteiger partial charge on any atom is -0.455 e. The van der Waals surface area contributed by atoms with E-state index in [9.17, 15) is 0 Å². The summed E-state index contributed by atoms with van der Waals surface area (Å²) in [5, 5.41) is 13.5. The maximum absolute atomic E-state index is 7.11. The second kappa shape index (κ2) is 14.1. The number of nitrogens with zero attached hydrogens (tertiary/aromatic N) is 3. The van der Waals surface area contributed by atoms with Crippen LogP contribution >= 0.6 is 22.7 Å². The number of para-hydroxylation sites is 1. The highest BCUT2D eigenvalue weighted by Crippen LogP contribution is 2.42. The van der Waals surface area contributed by atoms with Crippen LogP contribution < -0.4 is 21.0 Å². The Morgan fingerprint density at radius 1 is 0.369 bits per heavy atom. The Bertz CT molecular complexity index is 3940. The monoisotopic (exact) mass is 883 g/mol. The van der Waals surface area contributed by atoms with Gasteiger partial charge in [-0.3, -0.25) is 15.0 Å². The standard InChI is InChI=1S/C57H33N3O2S2Si/c1-3-12-36(13-4-1)65(37-14-5-2-6-15-37,56-53-42(27-30-59-56)45-32-34(22-24-48(45)62-53)38-18-11-19-43-40-17-8-10-21-49(40)63-54(38)43)57-55-44(28-31-60-57)46-33-35(23-25-50(46)64-55)51-52-41(26-29-58-51)39-16-7-9-20-47(39)61-52/h1-33H. The summed E-state index contributed by atoms with van der Waals surface area (Å²) >= 11 is 3.65. The first-order valence-corrected chi connectivity index (χ1v) is 25.3. The first-order valence-electron chi connectivity index (χ1n) is 21.6. The molecule has 0 aliphatic carbocycles. The van der Waals surface area contributed by atoms with E-state index in [-0.39, 0.29) is 0 Å². The summed E-state index contributed by atoms with van der Waals surface area (Å²) < 4.78 is 18.5. The second-order valence-electron chi connectivity index (χ2n) is 16.6. The third-order valence-corrected chi connectivity index (χ3v) is 20.3. The molecule has 5 nitrogen and oxygen atoms in total. The molecule has 65 heavy (non-hydrogen) atoms. The van der Waals surface area contributed by atoms with Gasteiger partial charge in [0.2, 0.25) is 8.07 Å². The number of hydrogen-bond acceptors (Lipinski definition) is 7. The number of aromatic nitrogens is 3. The minimum atomic E-state index is -3.35. The van der Waals surface area contributed by atoms with Crippen molar-refractivity contribution < 1.29 is 8.83 Å². The molecule has 0 unspecified atom stereocenters. The van der Waals surface area contributed by atoms with E-state index in [4.69, 9.17) is 23.8 Å². The first kappa shape index (κ1) is 36.7. The molecule has 7 aromatic heterocycles. The van der Waals surface area contributed by atoms with Crippen molar-refractivity contribution in [1.82, 2.24) is 15.0 Å². The Hall–Kier alpha value is -7.75. The van der Waals surface area contributed by atoms with E-state index in [2.05, 4.69) is 164 Å². The zero-order valence-electron chi connectivity index (χ0n) is 34.5. The van der Waals surface area contributed by atoms with E-state index in [0.29, 0.717) is 0 Å². The molecule has 0 fully saturated rings. The van der Waals surface area contributed by atoms with Crippen molar-refractivity contribution in [2.75, 3.05) is 0 Å².